The summed E-state index contributed by atoms with van der Waals surface area (Å²) < 4.78 is 16.5. The molecule has 2 aromatic rings. The SMILES string of the molecule is COc1c(C)c2c(c(NC(=O)Nc3ccccc3)c1CC=C(C)CCC(=O)OCCN1CCCCC1)C(=O)OC2. The van der Waals surface area contributed by atoms with Crippen LogP contribution in [0.5, 0.6) is 5.75 Å². The normalized spacial score (nSPS) is 15.3. The number of para-hydroxylation sites is 1. The molecule has 0 spiro atoms. The van der Waals surface area contributed by atoms with E-state index in [-0.39, 0.29) is 12.6 Å². The number of methoxy groups -OCH3 is 1. The predicted molar refractivity (Wildman–Crippen MR) is 154 cm³/mol. The molecule has 0 atom stereocenters. The Labute approximate surface area is 235 Å². The van der Waals surface area contributed by atoms with Crippen LogP contribution in [0, 0.1) is 6.92 Å². The number of nitrogens with one attached hydrogen (secondary N) is 2. The van der Waals surface area contributed by atoms with Crippen LogP contribution in [0.1, 0.15) is 66.1 Å². The highest BCUT2D eigenvalue weighted by Gasteiger charge is 2.32. The van der Waals surface area contributed by atoms with E-state index in [1.54, 1.807) is 19.2 Å². The van der Waals surface area contributed by atoms with Gasteiger partial charge in [-0.3, -0.25) is 9.69 Å². The molecule has 2 amide bonds. The number of ether oxygens (including phenoxy) is 3. The Morgan fingerprint density at radius 3 is 2.55 bits per heavy atom. The molecule has 2 aromatic carbocycles. The van der Waals surface area contributed by atoms with Crippen molar-refractivity contribution in [2.45, 2.75) is 59.0 Å². The summed E-state index contributed by atoms with van der Waals surface area (Å²) in [5, 5.41) is 5.68. The van der Waals surface area contributed by atoms with Crippen LogP contribution in [0.3, 0.4) is 0 Å². The fourth-order valence-corrected chi connectivity index (χ4v) is 5.21. The fraction of sp³-hybridized carbons (Fsp3) is 0.452. The Morgan fingerprint density at radius 2 is 1.82 bits per heavy atom. The summed E-state index contributed by atoms with van der Waals surface area (Å²) in [6, 6.07) is 8.58. The highest BCUT2D eigenvalue weighted by atomic mass is 16.5. The van der Waals surface area contributed by atoms with E-state index in [2.05, 4.69) is 15.5 Å². The number of fused-ring (bicyclic) bond motifs is 1. The number of allylic oxidation sites excluding steroid dienone is 2. The van der Waals surface area contributed by atoms with Gasteiger partial charge in [-0.25, -0.2) is 9.59 Å². The smallest absolute Gasteiger partial charge is 0.341 e. The molecule has 0 bridgehead atoms. The molecule has 40 heavy (non-hydrogen) atoms. The van der Waals surface area contributed by atoms with Gasteiger partial charge in [0, 0.05) is 29.8 Å². The molecule has 0 saturated carbocycles. The Morgan fingerprint density at radius 1 is 1.07 bits per heavy atom. The lowest BCUT2D eigenvalue weighted by Gasteiger charge is -2.25. The van der Waals surface area contributed by atoms with Gasteiger partial charge < -0.3 is 24.8 Å². The van der Waals surface area contributed by atoms with E-state index < -0.39 is 12.0 Å². The molecule has 0 aliphatic carbocycles. The third-order valence-corrected chi connectivity index (χ3v) is 7.44. The standard InChI is InChI=1S/C31H39N3O6/c1-21(13-15-26(35)39-19-18-34-16-8-5-9-17-34)12-14-24-28(33-31(37)32-23-10-6-4-7-11-23)27-25(20-40-30(27)36)22(2)29(24)38-3/h4,6-7,10-12H,5,8-9,13-20H2,1-3H3,(H2,32,33,37). The number of hydrogen-bond donors (Lipinski definition) is 2. The van der Waals surface area contributed by atoms with Crippen LogP contribution in [0.25, 0.3) is 0 Å². The molecule has 1 saturated heterocycles. The van der Waals surface area contributed by atoms with Gasteiger partial charge in [-0.15, -0.1) is 0 Å². The lowest BCUT2D eigenvalue weighted by molar-refractivity contribution is -0.144. The molecule has 9 nitrogen and oxygen atoms in total. The molecule has 0 radical (unpaired) electrons. The minimum absolute atomic E-state index is 0.125. The first kappa shape index (κ1) is 29.1. The molecular weight excluding hydrogens is 510 g/mol. The highest BCUT2D eigenvalue weighted by Crippen LogP contribution is 2.41. The Kier molecular flexibility index (Phi) is 10.2. The maximum absolute atomic E-state index is 12.9. The van der Waals surface area contributed by atoms with Gasteiger partial charge in [0.25, 0.3) is 0 Å². The number of carbonyl (C=O) groups is 3. The average Bonchev–Trinajstić information content (AvgIpc) is 3.35. The molecule has 2 aliphatic heterocycles. The van der Waals surface area contributed by atoms with Gasteiger partial charge >= 0.3 is 18.0 Å². The van der Waals surface area contributed by atoms with Crippen LogP contribution in [-0.2, 0) is 27.3 Å². The number of esters is 2. The zero-order chi connectivity index (χ0) is 28.5. The molecule has 9 heteroatoms. The van der Waals surface area contributed by atoms with Gasteiger partial charge in [0.1, 0.15) is 19.0 Å². The maximum atomic E-state index is 12.9. The van der Waals surface area contributed by atoms with Crippen molar-refractivity contribution in [2.75, 3.05) is 44.0 Å². The fourth-order valence-electron chi connectivity index (χ4n) is 5.21. The van der Waals surface area contributed by atoms with E-state index in [9.17, 15) is 14.4 Å². The monoisotopic (exact) mass is 549 g/mol. The van der Waals surface area contributed by atoms with Crippen molar-refractivity contribution < 1.29 is 28.6 Å². The van der Waals surface area contributed by atoms with Crippen LogP contribution in [0.2, 0.25) is 0 Å². The van der Waals surface area contributed by atoms with E-state index >= 15 is 0 Å². The number of carbonyl (C=O) groups excluding carboxylic acids is 3. The van der Waals surface area contributed by atoms with Crippen molar-refractivity contribution in [1.82, 2.24) is 4.90 Å². The highest BCUT2D eigenvalue weighted by molar-refractivity contribution is 6.08. The number of nitrogens with zero attached hydrogens (tertiary/aromatic N) is 1. The van der Waals surface area contributed by atoms with E-state index in [0.717, 1.165) is 30.8 Å². The Bertz CT molecular complexity index is 1250. The summed E-state index contributed by atoms with van der Waals surface area (Å²) in [4.78, 5) is 40.3. The minimum Gasteiger partial charge on any atom is -0.496 e. The van der Waals surface area contributed by atoms with Crippen molar-refractivity contribution >= 4 is 29.3 Å². The number of anilines is 2. The first-order valence-corrected chi connectivity index (χ1v) is 13.9. The number of piperidine rings is 1. The van der Waals surface area contributed by atoms with Gasteiger partial charge in [0.2, 0.25) is 0 Å². The third kappa shape index (κ3) is 7.41. The number of cyclic esters (lactones) is 1. The van der Waals surface area contributed by atoms with E-state index in [1.807, 2.05) is 38.1 Å². The number of amides is 2. The summed E-state index contributed by atoms with van der Waals surface area (Å²) in [5.41, 5.74) is 4.51. The van der Waals surface area contributed by atoms with Gasteiger partial charge in [-0.2, -0.15) is 0 Å². The summed E-state index contributed by atoms with van der Waals surface area (Å²) in [7, 11) is 1.57. The minimum atomic E-state index is -0.481. The number of urea groups is 1. The Hall–Kier alpha value is -3.85. The predicted octanol–water partition coefficient (Wildman–Crippen LogP) is 5.62. The Balaban J connectivity index is 1.44. The van der Waals surface area contributed by atoms with Crippen LogP contribution in [0.4, 0.5) is 16.2 Å². The third-order valence-electron chi connectivity index (χ3n) is 7.44. The van der Waals surface area contributed by atoms with Crippen molar-refractivity contribution in [1.29, 1.82) is 0 Å². The zero-order valence-corrected chi connectivity index (χ0v) is 23.6. The number of benzene rings is 2. The lowest BCUT2D eigenvalue weighted by Crippen LogP contribution is -2.33. The second kappa shape index (κ2) is 14.0. The molecule has 0 aromatic heterocycles. The molecular formula is C31H39N3O6. The summed E-state index contributed by atoms with van der Waals surface area (Å²) in [6.07, 6.45) is 6.92. The second-order valence-corrected chi connectivity index (χ2v) is 10.3. The number of likely N-dealkylation sites (tertiary alicyclic amines) is 1. The van der Waals surface area contributed by atoms with Gasteiger partial charge in [-0.1, -0.05) is 36.3 Å². The quantitative estimate of drug-likeness (QED) is 0.277. The topological polar surface area (TPSA) is 106 Å². The lowest BCUT2D eigenvalue weighted by atomic mass is 9.93. The molecule has 0 unspecified atom stereocenters. The van der Waals surface area contributed by atoms with Crippen molar-refractivity contribution in [3.05, 3.63) is 64.2 Å². The summed E-state index contributed by atoms with van der Waals surface area (Å²) in [5.74, 6) is -0.100. The average molecular weight is 550 g/mol. The second-order valence-electron chi connectivity index (χ2n) is 10.3. The van der Waals surface area contributed by atoms with Crippen molar-refractivity contribution in [3.8, 4) is 5.75 Å². The molecule has 2 aliphatic rings. The van der Waals surface area contributed by atoms with E-state index in [4.69, 9.17) is 14.2 Å². The van der Waals surface area contributed by atoms with Crippen LogP contribution in [-0.4, -0.2) is 56.2 Å². The largest absolute Gasteiger partial charge is 0.496 e. The van der Waals surface area contributed by atoms with Gasteiger partial charge in [-0.05, 0) is 70.3 Å². The van der Waals surface area contributed by atoms with E-state index in [0.29, 0.717) is 59.7 Å². The first-order chi connectivity index (χ1) is 19.4. The molecule has 4 rings (SSSR count). The maximum Gasteiger partial charge on any atom is 0.341 e. The zero-order valence-electron chi connectivity index (χ0n) is 23.6. The van der Waals surface area contributed by atoms with Crippen LogP contribution in [0.15, 0.2) is 42.0 Å². The molecule has 2 N–H and O–H groups in total. The van der Waals surface area contributed by atoms with Gasteiger partial charge in [0.05, 0.1) is 18.4 Å². The summed E-state index contributed by atoms with van der Waals surface area (Å²) in [6.45, 7) is 7.32. The molecule has 214 valence electrons. The van der Waals surface area contributed by atoms with Crippen molar-refractivity contribution in [2.24, 2.45) is 0 Å². The molecule has 1 fully saturated rings. The van der Waals surface area contributed by atoms with Crippen LogP contribution < -0.4 is 15.4 Å². The number of rotatable bonds is 11. The summed E-state index contributed by atoms with van der Waals surface area (Å²) >= 11 is 0. The first-order valence-electron chi connectivity index (χ1n) is 13.9. The number of hydrogen-bond acceptors (Lipinski definition) is 7. The van der Waals surface area contributed by atoms with Crippen molar-refractivity contribution in [3.63, 3.8) is 0 Å². The van der Waals surface area contributed by atoms with E-state index in [1.165, 1.54) is 19.3 Å². The molecule has 2 heterocycles. The van der Waals surface area contributed by atoms with Crippen LogP contribution >= 0.6 is 0 Å². The van der Waals surface area contributed by atoms with Gasteiger partial charge in [0.15, 0.2) is 0 Å².